The Bertz CT molecular complexity index is 1680. The van der Waals surface area contributed by atoms with E-state index in [1.54, 1.807) is 11.8 Å². The van der Waals surface area contributed by atoms with E-state index in [0.29, 0.717) is 11.4 Å². The normalized spacial score (nSPS) is 11.8. The van der Waals surface area contributed by atoms with Gasteiger partial charge >= 0.3 is 12.8 Å². The van der Waals surface area contributed by atoms with Gasteiger partial charge < -0.3 is 26.4 Å². The van der Waals surface area contributed by atoms with E-state index in [0.717, 1.165) is 39.0 Å². The van der Waals surface area contributed by atoms with E-state index >= 15 is 0 Å². The van der Waals surface area contributed by atoms with E-state index in [-0.39, 0.29) is 5.56 Å². The van der Waals surface area contributed by atoms with Crippen molar-refractivity contribution in [1.29, 1.82) is 0 Å². The molecule has 1 N–H and O–H groups in total. The van der Waals surface area contributed by atoms with Gasteiger partial charge in [0, 0.05) is 12.6 Å². The smallest absolute Gasteiger partial charge is 0.497 e. The van der Waals surface area contributed by atoms with E-state index < -0.39 is 7.25 Å². The Kier molecular flexibility index (Phi) is 7.56. The predicted molar refractivity (Wildman–Crippen MR) is 138 cm³/mol. The molecule has 0 aliphatic rings. The largest absolute Gasteiger partial charge is 0.673 e. The first-order valence-electron chi connectivity index (χ1n) is 11.6. The van der Waals surface area contributed by atoms with E-state index in [1.165, 1.54) is 0 Å². The molecule has 0 aliphatic carbocycles. The molecule has 0 spiro atoms. The van der Waals surface area contributed by atoms with Crippen LogP contribution in [0.5, 0.6) is 5.75 Å². The zero-order chi connectivity index (χ0) is 27.4. The number of ether oxygens (including phenoxy) is 1. The number of nitrogens with zero attached hydrogens (tertiary/aromatic N) is 2. The van der Waals surface area contributed by atoms with Crippen LogP contribution in [-0.4, -0.2) is 23.7 Å². The summed E-state index contributed by atoms with van der Waals surface area (Å²) in [6.45, 7) is 1.93. The van der Waals surface area contributed by atoms with Gasteiger partial charge in [-0.15, -0.1) is 0 Å². The van der Waals surface area contributed by atoms with Gasteiger partial charge in [0.25, 0.3) is 5.69 Å². The molecule has 5 rings (SSSR count). The zero-order valence-corrected chi connectivity index (χ0v) is 20.8. The summed E-state index contributed by atoms with van der Waals surface area (Å²) in [6, 6.07) is 27.0. The molecule has 11 heteroatoms. The van der Waals surface area contributed by atoms with Crippen molar-refractivity contribution in [3.05, 3.63) is 106 Å². The molecule has 2 aromatic heterocycles. The summed E-state index contributed by atoms with van der Waals surface area (Å²) in [5.74, 6) is 1.47. The molecule has 0 saturated heterocycles. The third-order valence-corrected chi connectivity index (χ3v) is 5.86. The van der Waals surface area contributed by atoms with Crippen LogP contribution in [0.3, 0.4) is 0 Å². The Morgan fingerprint density at radius 1 is 0.895 bits per heavy atom. The van der Waals surface area contributed by atoms with Gasteiger partial charge in [0.2, 0.25) is 5.36 Å². The maximum Gasteiger partial charge on any atom is 0.673 e. The zero-order valence-electron chi connectivity index (χ0n) is 20.8. The van der Waals surface area contributed by atoms with Crippen molar-refractivity contribution in [3.63, 3.8) is 0 Å². The molecule has 6 nitrogen and oxygen atoms in total. The second-order valence-corrected chi connectivity index (χ2v) is 8.31. The molecular formula is C27H24BF4N3O3. The van der Waals surface area contributed by atoms with Gasteiger partial charge in [0.15, 0.2) is 0 Å². The number of rotatable bonds is 4. The fraction of sp³-hybridized carbons (Fsp3) is 0.111. The minimum absolute atomic E-state index is 0.114. The summed E-state index contributed by atoms with van der Waals surface area (Å²) in [4.78, 5) is 16.8. The van der Waals surface area contributed by atoms with Crippen LogP contribution in [-0.2, 0) is 7.05 Å². The Labute approximate surface area is 215 Å². The number of para-hydroxylation sites is 2. The molecule has 0 bridgehead atoms. The molecule has 38 heavy (non-hydrogen) atoms. The molecule has 0 atom stereocenters. The predicted octanol–water partition coefficient (Wildman–Crippen LogP) is 4.52. The van der Waals surface area contributed by atoms with Gasteiger partial charge in [-0.1, -0.05) is 30.3 Å². The molecule has 0 saturated carbocycles. The summed E-state index contributed by atoms with van der Waals surface area (Å²) in [7, 11) is -2.47. The standard InChI is InChI=1S/C27H23N3O3.BF4/c1-18-26(27(31)30(29(18)2)20-9-5-4-6-10-20)28-23-17-25(19-13-15-21(32-3)16-14-19)33-24-12-8-7-11-22(23)24;2-1(3,4)5/h4-17H,1-3H3;/q;-1/p+1. The van der Waals surface area contributed by atoms with Crippen molar-refractivity contribution < 1.29 is 31.4 Å². The molecule has 0 aliphatic heterocycles. The van der Waals surface area contributed by atoms with Crippen molar-refractivity contribution in [2.75, 3.05) is 7.11 Å². The second-order valence-electron chi connectivity index (χ2n) is 8.31. The van der Waals surface area contributed by atoms with Crippen LogP contribution in [0.1, 0.15) is 5.69 Å². The summed E-state index contributed by atoms with van der Waals surface area (Å²) < 4.78 is 54.0. The average Bonchev–Trinajstić information content (AvgIpc) is 3.11. The number of benzene rings is 3. The number of fused-ring (bicyclic) bond motifs is 1. The topological polar surface area (TPSA) is 63.3 Å². The number of methoxy groups -OCH3 is 1. The third-order valence-electron chi connectivity index (χ3n) is 5.86. The Morgan fingerprint density at radius 3 is 2.13 bits per heavy atom. The van der Waals surface area contributed by atoms with Crippen LogP contribution in [0.2, 0.25) is 0 Å². The van der Waals surface area contributed by atoms with Gasteiger partial charge in [0.1, 0.15) is 22.8 Å². The minimum Gasteiger partial charge on any atom is -0.497 e. The fourth-order valence-electron chi connectivity index (χ4n) is 3.98. The third kappa shape index (κ3) is 5.88. The molecule has 0 unspecified atom stereocenters. The molecule has 2 heterocycles. The van der Waals surface area contributed by atoms with Crippen molar-refractivity contribution in [2.45, 2.75) is 6.92 Å². The molecule has 196 valence electrons. The lowest BCUT2D eigenvalue weighted by Crippen LogP contribution is -2.72. The highest BCUT2D eigenvalue weighted by Crippen LogP contribution is 2.24. The lowest BCUT2D eigenvalue weighted by Gasteiger charge is -2.06. The number of aromatic nitrogens is 2. The van der Waals surface area contributed by atoms with Crippen LogP contribution in [0.25, 0.3) is 28.0 Å². The second kappa shape index (κ2) is 10.8. The Morgan fingerprint density at radius 2 is 1.50 bits per heavy atom. The van der Waals surface area contributed by atoms with E-state index in [4.69, 9.17) is 9.15 Å². The monoisotopic (exact) mass is 525 g/mol. The summed E-state index contributed by atoms with van der Waals surface area (Å²) in [6.07, 6.45) is 0. The number of halogens is 4. The number of hydrogen-bond donors (Lipinski definition) is 1. The first-order chi connectivity index (χ1) is 18.1. The van der Waals surface area contributed by atoms with Crippen molar-refractivity contribution >= 4 is 23.9 Å². The highest BCUT2D eigenvalue weighted by Gasteiger charge is 2.21. The van der Waals surface area contributed by atoms with Gasteiger partial charge in [-0.05, 0) is 55.5 Å². The van der Waals surface area contributed by atoms with Crippen LogP contribution in [0, 0.1) is 6.92 Å². The minimum atomic E-state index is -6.00. The first-order valence-corrected chi connectivity index (χ1v) is 11.6. The quantitative estimate of drug-likeness (QED) is 0.277. The van der Waals surface area contributed by atoms with Gasteiger partial charge in [-0.25, -0.2) is 4.68 Å². The SMILES string of the molecule is COc1ccc(-c2cc(=[NH+]c3c(C)n(C)n(-c4ccccc4)c3=O)c3ccccc3o2)cc1.F[B-](F)(F)F. The lowest BCUT2D eigenvalue weighted by atomic mass is 10.1. The molecule has 0 amide bonds. The van der Waals surface area contributed by atoms with Gasteiger partial charge in [0.05, 0.1) is 24.2 Å². The average molecular weight is 525 g/mol. The molecule has 5 aromatic rings. The van der Waals surface area contributed by atoms with E-state index in [2.05, 4.69) is 4.99 Å². The Hall–Kier alpha value is -4.54. The van der Waals surface area contributed by atoms with Crippen LogP contribution in [0.4, 0.5) is 23.0 Å². The van der Waals surface area contributed by atoms with Crippen molar-refractivity contribution in [2.24, 2.45) is 7.05 Å². The van der Waals surface area contributed by atoms with E-state index in [9.17, 15) is 22.1 Å². The van der Waals surface area contributed by atoms with Crippen molar-refractivity contribution in [3.8, 4) is 22.8 Å². The summed E-state index contributed by atoms with van der Waals surface area (Å²) in [5, 5.41) is 1.69. The molecular weight excluding hydrogens is 501 g/mol. The van der Waals surface area contributed by atoms with Gasteiger partial charge in [-0.3, -0.25) is 9.48 Å². The van der Waals surface area contributed by atoms with Crippen LogP contribution < -0.4 is 20.6 Å². The maximum atomic E-state index is 13.4. The number of nitrogens with one attached hydrogen (secondary N) is 1. The van der Waals surface area contributed by atoms with E-state index in [1.807, 2.05) is 104 Å². The summed E-state index contributed by atoms with van der Waals surface area (Å²) in [5.41, 5.74) is 3.70. The maximum absolute atomic E-state index is 13.4. The van der Waals surface area contributed by atoms with Crippen LogP contribution >= 0.6 is 0 Å². The molecule has 3 aromatic carbocycles. The lowest BCUT2D eigenvalue weighted by molar-refractivity contribution is -0.402. The highest BCUT2D eigenvalue weighted by atomic mass is 19.5. The number of hydrogen-bond acceptors (Lipinski definition) is 3. The first kappa shape index (κ1) is 26.5. The molecule has 0 fully saturated rings. The fourth-order valence-corrected chi connectivity index (χ4v) is 3.98. The highest BCUT2D eigenvalue weighted by molar-refractivity contribution is 6.50. The molecule has 0 radical (unpaired) electrons. The van der Waals surface area contributed by atoms with Crippen LogP contribution in [0.15, 0.2) is 94.1 Å². The van der Waals surface area contributed by atoms with Crippen molar-refractivity contribution in [1.82, 2.24) is 9.36 Å². The van der Waals surface area contributed by atoms with Gasteiger partial charge in [-0.2, -0.15) is 4.99 Å². The Balaban J connectivity index is 0.000000617. The summed E-state index contributed by atoms with van der Waals surface area (Å²) >= 11 is 0.